The number of rotatable bonds is 2. The van der Waals surface area contributed by atoms with Crippen LogP contribution in [0.2, 0.25) is 24.2 Å². The molecule has 1 aromatic rings. The van der Waals surface area contributed by atoms with E-state index < -0.39 is 8.07 Å². The van der Waals surface area contributed by atoms with Crippen molar-refractivity contribution >= 4 is 13.6 Å². The Morgan fingerprint density at radius 3 is 2.62 bits per heavy atom. The van der Waals surface area contributed by atoms with E-state index in [2.05, 4.69) is 61.7 Å². The molecule has 0 radical (unpaired) electrons. The highest BCUT2D eigenvalue weighted by atomic mass is 28.3. The molecule has 3 aliphatic rings. The lowest BCUT2D eigenvalue weighted by Crippen LogP contribution is -2.38. The average Bonchev–Trinajstić information content (AvgIpc) is 3.14. The molecular formula is C20H24Si. The van der Waals surface area contributed by atoms with E-state index in [1.54, 1.807) is 16.7 Å². The second-order valence-electron chi connectivity index (χ2n) is 7.40. The van der Waals surface area contributed by atoms with Gasteiger partial charge < -0.3 is 0 Å². The third kappa shape index (κ3) is 2.02. The molecule has 0 bridgehead atoms. The Morgan fingerprint density at radius 1 is 1.05 bits per heavy atom. The molecule has 1 atom stereocenters. The highest BCUT2D eigenvalue weighted by molar-refractivity contribution is 6.82. The number of hydrogen-bond acceptors (Lipinski definition) is 0. The van der Waals surface area contributed by atoms with Crippen LogP contribution >= 0.6 is 0 Å². The van der Waals surface area contributed by atoms with Gasteiger partial charge in [0, 0.05) is 0 Å². The third-order valence-corrected chi connectivity index (χ3v) is 10.5. The predicted octanol–water partition coefficient (Wildman–Crippen LogP) is 5.76. The first-order valence-corrected chi connectivity index (χ1v) is 11.5. The van der Waals surface area contributed by atoms with E-state index in [1.165, 1.54) is 25.7 Å². The van der Waals surface area contributed by atoms with Gasteiger partial charge in [-0.05, 0) is 53.5 Å². The Labute approximate surface area is 129 Å². The highest BCUT2D eigenvalue weighted by Crippen LogP contribution is 2.53. The predicted molar refractivity (Wildman–Crippen MR) is 94.2 cm³/mol. The quantitative estimate of drug-likeness (QED) is 0.608. The first-order valence-electron chi connectivity index (χ1n) is 8.33. The summed E-state index contributed by atoms with van der Waals surface area (Å²) in [4.78, 5) is 0. The summed E-state index contributed by atoms with van der Waals surface area (Å²) in [5, 5.41) is 0. The average molecular weight is 292 g/mol. The van der Waals surface area contributed by atoms with Gasteiger partial charge >= 0.3 is 0 Å². The largest absolute Gasteiger partial charge is 0.0803 e. The van der Waals surface area contributed by atoms with E-state index in [-0.39, 0.29) is 0 Å². The van der Waals surface area contributed by atoms with Crippen molar-refractivity contribution in [3.8, 4) is 0 Å². The van der Waals surface area contributed by atoms with E-state index in [4.69, 9.17) is 0 Å². The zero-order valence-electron chi connectivity index (χ0n) is 13.1. The van der Waals surface area contributed by atoms with Crippen molar-refractivity contribution in [3.05, 3.63) is 65.3 Å². The molecule has 0 N–H and O–H groups in total. The second kappa shape index (κ2) is 4.84. The molecule has 4 rings (SSSR count). The minimum absolute atomic E-state index is 0.734. The summed E-state index contributed by atoms with van der Waals surface area (Å²) in [6, 6.07) is 9.11. The Kier molecular flexibility index (Phi) is 3.07. The summed E-state index contributed by atoms with van der Waals surface area (Å²) >= 11 is 0. The van der Waals surface area contributed by atoms with Gasteiger partial charge in [-0.2, -0.15) is 0 Å². The molecule has 1 heteroatoms. The molecule has 0 saturated carbocycles. The van der Waals surface area contributed by atoms with Crippen molar-refractivity contribution in [2.24, 2.45) is 0 Å². The van der Waals surface area contributed by atoms with Crippen molar-refractivity contribution < 1.29 is 0 Å². The summed E-state index contributed by atoms with van der Waals surface area (Å²) in [6.45, 7) is 5.22. The smallest absolute Gasteiger partial charge is 0.0659 e. The van der Waals surface area contributed by atoms with E-state index in [0.717, 1.165) is 11.1 Å². The van der Waals surface area contributed by atoms with Gasteiger partial charge in [0.25, 0.3) is 0 Å². The van der Waals surface area contributed by atoms with Crippen LogP contribution in [0.1, 0.15) is 30.4 Å². The van der Waals surface area contributed by atoms with Crippen molar-refractivity contribution in [3.63, 3.8) is 0 Å². The summed E-state index contributed by atoms with van der Waals surface area (Å²) in [5.41, 5.74) is 8.28. The van der Waals surface area contributed by atoms with E-state index in [0.29, 0.717) is 0 Å². The highest BCUT2D eigenvalue weighted by Gasteiger charge is 2.43. The van der Waals surface area contributed by atoms with Crippen molar-refractivity contribution in [1.82, 2.24) is 0 Å². The van der Waals surface area contributed by atoms with Crippen molar-refractivity contribution in [2.45, 2.75) is 49.9 Å². The molecule has 0 fully saturated rings. The number of allylic oxidation sites excluding steroid dienone is 6. The summed E-state index contributed by atoms with van der Waals surface area (Å²) in [6.07, 6.45) is 14.7. The zero-order valence-corrected chi connectivity index (χ0v) is 14.1. The Hall–Kier alpha value is -1.34. The van der Waals surface area contributed by atoms with Crippen LogP contribution in [0.4, 0.5) is 0 Å². The fraction of sp³-hybridized carbons (Fsp3) is 0.400. The normalized spacial score (nSPS) is 24.6. The molecule has 0 aromatic heterocycles. The molecule has 0 amide bonds. The Morgan fingerprint density at radius 2 is 1.81 bits per heavy atom. The van der Waals surface area contributed by atoms with Crippen LogP contribution in [-0.4, -0.2) is 8.07 Å². The Bertz CT molecular complexity index is 648. The van der Waals surface area contributed by atoms with E-state index in [9.17, 15) is 0 Å². The molecule has 1 unspecified atom stereocenters. The van der Waals surface area contributed by atoms with Gasteiger partial charge in [-0.1, -0.05) is 67.2 Å². The lowest BCUT2D eigenvalue weighted by molar-refractivity contribution is 0.687. The first-order chi connectivity index (χ1) is 10.2. The van der Waals surface area contributed by atoms with Crippen LogP contribution in [0.25, 0.3) is 5.57 Å². The van der Waals surface area contributed by atoms with Gasteiger partial charge in [0.2, 0.25) is 0 Å². The van der Waals surface area contributed by atoms with Gasteiger partial charge in [-0.15, -0.1) is 0 Å². The molecule has 0 spiro atoms. The molecule has 108 valence electrons. The lowest BCUT2D eigenvalue weighted by atomic mass is 9.91. The maximum Gasteiger partial charge on any atom is 0.0659 e. The van der Waals surface area contributed by atoms with Crippen LogP contribution in [0, 0.1) is 0 Å². The summed E-state index contributed by atoms with van der Waals surface area (Å²) in [7, 11) is -1.33. The van der Waals surface area contributed by atoms with Crippen LogP contribution < -0.4 is 0 Å². The molecule has 0 heterocycles. The molecule has 1 aromatic carbocycles. The van der Waals surface area contributed by atoms with Crippen LogP contribution in [-0.2, 0) is 6.42 Å². The van der Waals surface area contributed by atoms with Crippen molar-refractivity contribution in [2.75, 3.05) is 0 Å². The van der Waals surface area contributed by atoms with Crippen LogP contribution in [0.3, 0.4) is 0 Å². The van der Waals surface area contributed by atoms with Gasteiger partial charge in [0.1, 0.15) is 0 Å². The van der Waals surface area contributed by atoms with Gasteiger partial charge in [-0.25, -0.2) is 0 Å². The SMILES string of the molecule is C[Si](C)(C1C=CC=C1)C1CCCC2=C1Cc1ccccc12. The number of hydrogen-bond donors (Lipinski definition) is 0. The monoisotopic (exact) mass is 292 g/mol. The van der Waals surface area contributed by atoms with Crippen molar-refractivity contribution in [1.29, 1.82) is 0 Å². The zero-order chi connectivity index (χ0) is 14.4. The Balaban J connectivity index is 1.74. The lowest BCUT2D eigenvalue weighted by Gasteiger charge is -2.40. The number of benzene rings is 1. The standard InChI is InChI=1S/C20H24Si/c1-21(2,16-9-4-5-10-16)20-13-7-12-18-17-11-6-3-8-15(17)14-19(18)20/h3-6,8-11,16,20H,7,12-14H2,1-2H3. The van der Waals surface area contributed by atoms with Gasteiger partial charge in [0.15, 0.2) is 0 Å². The first kappa shape index (κ1) is 13.3. The van der Waals surface area contributed by atoms with Crippen LogP contribution in [0.5, 0.6) is 0 Å². The second-order valence-corrected chi connectivity index (χ2v) is 12.4. The summed E-state index contributed by atoms with van der Waals surface area (Å²) in [5.74, 6) is 0. The summed E-state index contributed by atoms with van der Waals surface area (Å²) < 4.78 is 0. The minimum Gasteiger partial charge on any atom is -0.0803 e. The molecule has 0 nitrogen and oxygen atoms in total. The molecular weight excluding hydrogens is 268 g/mol. The maximum atomic E-state index is 2.61. The van der Waals surface area contributed by atoms with E-state index in [1.807, 2.05) is 5.57 Å². The fourth-order valence-corrected chi connectivity index (χ4v) is 8.52. The molecule has 0 aliphatic heterocycles. The molecule has 0 saturated heterocycles. The minimum atomic E-state index is -1.33. The van der Waals surface area contributed by atoms with E-state index >= 15 is 0 Å². The topological polar surface area (TPSA) is 0 Å². The van der Waals surface area contributed by atoms with Gasteiger partial charge in [-0.3, -0.25) is 0 Å². The maximum absolute atomic E-state index is 2.61. The molecule has 21 heavy (non-hydrogen) atoms. The number of fused-ring (bicyclic) bond motifs is 2. The fourth-order valence-electron chi connectivity index (χ4n) is 4.72. The van der Waals surface area contributed by atoms with Gasteiger partial charge in [0.05, 0.1) is 8.07 Å². The third-order valence-electron chi connectivity index (χ3n) is 5.96. The van der Waals surface area contributed by atoms with Crippen LogP contribution in [0.15, 0.2) is 54.1 Å². The molecule has 3 aliphatic carbocycles.